The van der Waals surface area contributed by atoms with Crippen molar-refractivity contribution in [3.05, 3.63) is 217 Å². The molecule has 0 atom stereocenters. The number of alkyl halides is 6. The fourth-order valence-electron chi connectivity index (χ4n) is 10.8. The Kier molecular flexibility index (Phi) is 9.12. The molecule has 0 aliphatic carbocycles. The van der Waals surface area contributed by atoms with Gasteiger partial charge in [-0.15, -0.1) is 0 Å². The quantitative estimate of drug-likeness (QED) is 0.148. The number of hydrogen-bond donors (Lipinski definition) is 0. The molecule has 0 radical (unpaired) electrons. The van der Waals surface area contributed by atoms with Gasteiger partial charge < -0.3 is 13.7 Å². The Labute approximate surface area is 386 Å². The Morgan fingerprint density at radius 3 is 0.941 bits per heavy atom. The number of rotatable bonds is 6. The minimum atomic E-state index is -4.69. The monoisotopic (exact) mass is 903 g/mol. The van der Waals surface area contributed by atoms with Gasteiger partial charge >= 0.3 is 12.4 Å². The third-order valence-corrected chi connectivity index (χ3v) is 13.6. The first kappa shape index (κ1) is 41.4. The lowest BCUT2D eigenvalue weighted by Crippen LogP contribution is -2.31. The molecule has 9 heteroatoms. The summed E-state index contributed by atoms with van der Waals surface area (Å²) in [7, 11) is 0. The maximum absolute atomic E-state index is 15.0. The van der Waals surface area contributed by atoms with Crippen molar-refractivity contribution in [2.75, 3.05) is 0 Å². The fourth-order valence-corrected chi connectivity index (χ4v) is 10.8. The second-order valence-electron chi connectivity index (χ2n) is 17.9. The highest BCUT2D eigenvalue weighted by Crippen LogP contribution is 2.52. The fraction of sp³-hybridized carbons (Fsp3) is 0.0847. The summed E-state index contributed by atoms with van der Waals surface area (Å²) in [6, 6.07) is 60.5. The van der Waals surface area contributed by atoms with Crippen LogP contribution in [0.1, 0.15) is 30.5 Å². The van der Waals surface area contributed by atoms with Crippen molar-refractivity contribution in [1.29, 1.82) is 0 Å². The van der Waals surface area contributed by atoms with E-state index < -0.39 is 29.0 Å². The van der Waals surface area contributed by atoms with Crippen LogP contribution in [-0.2, 0) is 17.9 Å². The smallest absolute Gasteiger partial charge is 0.330 e. The number of nitrogens with zero attached hydrogens (tertiary/aromatic N) is 3. The van der Waals surface area contributed by atoms with Crippen LogP contribution in [0.25, 0.3) is 99.0 Å². The van der Waals surface area contributed by atoms with E-state index in [2.05, 4.69) is 51.8 Å². The summed E-state index contributed by atoms with van der Waals surface area (Å²) in [5.41, 5.74) is 5.35. The highest BCUT2D eigenvalue weighted by Gasteiger charge is 2.39. The zero-order valence-electron chi connectivity index (χ0n) is 36.7. The average molecular weight is 904 g/mol. The van der Waals surface area contributed by atoms with Gasteiger partial charge in [0.25, 0.3) is 0 Å². The number of halogens is 6. The van der Waals surface area contributed by atoms with Crippen molar-refractivity contribution < 1.29 is 26.3 Å². The minimum Gasteiger partial charge on any atom is -0.330 e. The third-order valence-electron chi connectivity index (χ3n) is 13.6. The molecule has 9 aromatic carbocycles. The lowest BCUT2D eigenvalue weighted by Gasteiger charge is -2.37. The first-order chi connectivity index (χ1) is 32.8. The molecule has 0 amide bonds. The van der Waals surface area contributed by atoms with E-state index in [1.165, 1.54) is 12.1 Å². The van der Waals surface area contributed by atoms with Crippen LogP contribution in [0.15, 0.2) is 200 Å². The topological polar surface area (TPSA) is 14.8 Å². The van der Waals surface area contributed by atoms with Crippen LogP contribution in [0.2, 0.25) is 0 Å². The van der Waals surface area contributed by atoms with E-state index in [9.17, 15) is 26.3 Å². The number of benzene rings is 9. The molecular weight excluding hydrogens is 865 g/mol. The second-order valence-corrected chi connectivity index (χ2v) is 17.9. The molecule has 0 aliphatic rings. The highest BCUT2D eigenvalue weighted by atomic mass is 19.4. The lowest BCUT2D eigenvalue weighted by atomic mass is 9.82. The summed E-state index contributed by atoms with van der Waals surface area (Å²) in [6.07, 6.45) is -9.39. The number of fused-ring (bicyclic) bond motifs is 9. The van der Waals surface area contributed by atoms with Crippen molar-refractivity contribution in [2.24, 2.45) is 0 Å². The largest absolute Gasteiger partial charge is 0.416 e. The second kappa shape index (κ2) is 15.0. The zero-order valence-corrected chi connectivity index (χ0v) is 36.7. The predicted octanol–water partition coefficient (Wildman–Crippen LogP) is 17.1. The van der Waals surface area contributed by atoms with Crippen LogP contribution in [0, 0.1) is 0 Å². The van der Waals surface area contributed by atoms with E-state index in [0.29, 0.717) is 28.1 Å². The van der Waals surface area contributed by atoms with Gasteiger partial charge in [-0.3, -0.25) is 0 Å². The molecule has 3 nitrogen and oxygen atoms in total. The van der Waals surface area contributed by atoms with Crippen molar-refractivity contribution in [3.8, 4) is 33.6 Å². The van der Waals surface area contributed by atoms with Gasteiger partial charge in [-0.2, -0.15) is 26.3 Å². The van der Waals surface area contributed by atoms with Gasteiger partial charge in [-0.1, -0.05) is 133 Å². The first-order valence-corrected chi connectivity index (χ1v) is 22.3. The highest BCUT2D eigenvalue weighted by molar-refractivity contribution is 6.13. The Morgan fingerprint density at radius 2 is 0.618 bits per heavy atom. The summed E-state index contributed by atoms with van der Waals surface area (Å²) in [5, 5.41) is 5.72. The van der Waals surface area contributed by atoms with Gasteiger partial charge in [0.15, 0.2) is 0 Å². The van der Waals surface area contributed by atoms with Crippen LogP contribution in [0.4, 0.5) is 26.3 Å². The zero-order chi connectivity index (χ0) is 46.7. The Morgan fingerprint density at radius 1 is 0.324 bits per heavy atom. The molecule has 0 fully saturated rings. The lowest BCUT2D eigenvalue weighted by molar-refractivity contribution is -0.138. The van der Waals surface area contributed by atoms with E-state index in [1.807, 2.05) is 127 Å². The Bertz CT molecular complexity index is 3640. The molecule has 3 aromatic heterocycles. The molecule has 0 saturated carbocycles. The molecule has 0 N–H and O–H groups in total. The van der Waals surface area contributed by atoms with Crippen molar-refractivity contribution in [2.45, 2.75) is 31.7 Å². The minimum absolute atomic E-state index is 0.248. The summed E-state index contributed by atoms with van der Waals surface area (Å²) < 4.78 is 96.3. The summed E-state index contributed by atoms with van der Waals surface area (Å²) in [4.78, 5) is 0. The third kappa shape index (κ3) is 6.21. The van der Waals surface area contributed by atoms with Crippen LogP contribution < -0.4 is 0 Å². The molecular formula is C59H39F6N3. The van der Waals surface area contributed by atoms with Crippen molar-refractivity contribution in [3.63, 3.8) is 0 Å². The van der Waals surface area contributed by atoms with E-state index in [4.69, 9.17) is 0 Å². The molecule has 0 spiro atoms. The molecule has 12 rings (SSSR count). The van der Waals surface area contributed by atoms with Crippen molar-refractivity contribution in [1.82, 2.24) is 13.7 Å². The molecule has 12 aromatic rings. The molecule has 3 heterocycles. The van der Waals surface area contributed by atoms with Gasteiger partial charge in [0.2, 0.25) is 0 Å². The van der Waals surface area contributed by atoms with E-state index in [1.54, 1.807) is 12.1 Å². The summed E-state index contributed by atoms with van der Waals surface area (Å²) >= 11 is 0. The number of para-hydroxylation sites is 6. The molecule has 332 valence electrons. The van der Waals surface area contributed by atoms with Gasteiger partial charge in [0.05, 0.1) is 50.1 Å². The van der Waals surface area contributed by atoms with E-state index in [-0.39, 0.29) is 11.1 Å². The summed E-state index contributed by atoms with van der Waals surface area (Å²) in [5.74, 6) is 0. The SMILES string of the molecule is CC(C)(c1c(-n2c3ccccc3c3ccccc32)c(-c2cccc(C(F)(F)F)c2)cc(-c2cccc(C(F)(F)F)c2)c1-n1c2ccccc2c2ccccc21)n1c2ccccc2c2ccccc21. The van der Waals surface area contributed by atoms with Gasteiger partial charge in [0, 0.05) is 60.0 Å². The maximum atomic E-state index is 15.0. The van der Waals surface area contributed by atoms with Crippen LogP contribution in [0.5, 0.6) is 0 Å². The standard InChI is InChI=1S/C59H39F6N3/c1-57(2,68-52-31-13-7-25-44(52)45-26-8-14-32-53(45)68)54-55(66-48-27-9-3-21-40(48)41-22-4-10-28-49(41)66)46(36-17-15-19-38(33-36)58(60,61)62)35-47(37-18-16-20-39(34-37)59(63,64)65)56(54)67-50-29-11-5-23-42(50)43-24-6-12-30-51(43)67/h3-35H,1-2H3. The normalized spacial score (nSPS) is 12.7. The maximum Gasteiger partial charge on any atom is 0.416 e. The first-order valence-electron chi connectivity index (χ1n) is 22.3. The number of hydrogen-bond acceptors (Lipinski definition) is 0. The molecule has 68 heavy (non-hydrogen) atoms. The molecule has 0 saturated heterocycles. The Balaban J connectivity index is 1.41. The van der Waals surface area contributed by atoms with Crippen LogP contribution in [-0.4, -0.2) is 13.7 Å². The van der Waals surface area contributed by atoms with E-state index in [0.717, 1.165) is 89.7 Å². The summed E-state index contributed by atoms with van der Waals surface area (Å²) in [6.45, 7) is 4.23. The Hall–Kier alpha value is -8.04. The number of aromatic nitrogens is 3. The van der Waals surface area contributed by atoms with Gasteiger partial charge in [-0.05, 0) is 91.7 Å². The average Bonchev–Trinajstić information content (AvgIpc) is 3.99. The van der Waals surface area contributed by atoms with E-state index >= 15 is 0 Å². The molecule has 0 unspecified atom stereocenters. The van der Waals surface area contributed by atoms with Crippen LogP contribution in [0.3, 0.4) is 0 Å². The van der Waals surface area contributed by atoms with Crippen LogP contribution >= 0.6 is 0 Å². The van der Waals surface area contributed by atoms with Crippen molar-refractivity contribution >= 4 is 65.4 Å². The predicted molar refractivity (Wildman–Crippen MR) is 264 cm³/mol. The van der Waals surface area contributed by atoms with Gasteiger partial charge in [0.1, 0.15) is 0 Å². The van der Waals surface area contributed by atoms with Gasteiger partial charge in [-0.25, -0.2) is 0 Å². The molecule has 0 bridgehead atoms. The molecule has 0 aliphatic heterocycles.